The van der Waals surface area contributed by atoms with Crippen molar-refractivity contribution in [2.45, 2.75) is 37.0 Å². The van der Waals surface area contributed by atoms with Crippen LogP contribution in [0.25, 0.3) is 10.9 Å². The second-order valence-electron chi connectivity index (χ2n) is 8.93. The van der Waals surface area contributed by atoms with Gasteiger partial charge in [0.15, 0.2) is 0 Å². The number of phenols is 1. The Hall–Kier alpha value is -4.46. The molecule has 0 saturated carbocycles. The van der Waals surface area contributed by atoms with Crippen molar-refractivity contribution in [3.05, 3.63) is 65.9 Å². The first-order valence-electron chi connectivity index (χ1n) is 12.1. The summed E-state index contributed by atoms with van der Waals surface area (Å²) in [4.78, 5) is 52.9. The molecule has 3 rings (SSSR count). The van der Waals surface area contributed by atoms with Gasteiger partial charge in [0.25, 0.3) is 0 Å². The Kier molecular flexibility index (Phi) is 9.98. The lowest BCUT2D eigenvalue weighted by Gasteiger charge is -2.24. The molecule has 3 aromatic rings. The van der Waals surface area contributed by atoms with E-state index in [9.17, 15) is 34.5 Å². The number of H-pyrrole nitrogens is 1. The van der Waals surface area contributed by atoms with Gasteiger partial charge in [-0.15, -0.1) is 0 Å². The summed E-state index contributed by atoms with van der Waals surface area (Å²) in [5.74, 6) is -4.05. The molecule has 0 fully saturated rings. The first kappa shape index (κ1) is 29.1. The highest BCUT2D eigenvalue weighted by Gasteiger charge is 2.30. The molecular formula is C26H31N5O8. The van der Waals surface area contributed by atoms with Crippen LogP contribution in [-0.4, -0.2) is 86.5 Å². The molecular weight excluding hydrogens is 510 g/mol. The average molecular weight is 542 g/mol. The van der Waals surface area contributed by atoms with Gasteiger partial charge >= 0.3 is 5.97 Å². The van der Waals surface area contributed by atoms with Crippen LogP contribution in [-0.2, 0) is 32.0 Å². The van der Waals surface area contributed by atoms with E-state index in [1.807, 2.05) is 24.3 Å². The van der Waals surface area contributed by atoms with Gasteiger partial charge in [-0.25, -0.2) is 4.79 Å². The van der Waals surface area contributed by atoms with Crippen LogP contribution in [0.5, 0.6) is 5.75 Å². The summed E-state index contributed by atoms with van der Waals surface area (Å²) in [6, 6.07) is 7.71. The largest absolute Gasteiger partial charge is 0.508 e. The number of aliphatic hydroxyl groups is 2. The second kappa shape index (κ2) is 13.4. The molecule has 13 heteroatoms. The number of fused-ring (bicyclic) bond motifs is 1. The van der Waals surface area contributed by atoms with Crippen molar-refractivity contribution < 1.29 is 39.6 Å². The number of aromatic hydroxyl groups is 1. The maximum absolute atomic E-state index is 13.0. The molecule has 0 spiro atoms. The maximum Gasteiger partial charge on any atom is 0.328 e. The predicted octanol–water partition coefficient (Wildman–Crippen LogP) is -1.49. The molecule has 4 atom stereocenters. The molecule has 0 aliphatic rings. The number of aromatic nitrogens is 1. The number of nitrogens with one attached hydrogen (secondary N) is 4. The van der Waals surface area contributed by atoms with Crippen LogP contribution in [0.3, 0.4) is 0 Å². The summed E-state index contributed by atoms with van der Waals surface area (Å²) < 4.78 is 0. The summed E-state index contributed by atoms with van der Waals surface area (Å²) in [5.41, 5.74) is 8.24. The molecule has 0 aliphatic carbocycles. The Labute approximate surface area is 223 Å². The Morgan fingerprint density at radius 3 is 2.03 bits per heavy atom. The molecule has 208 valence electrons. The molecule has 0 aliphatic heterocycles. The fraction of sp³-hybridized carbons (Fsp3) is 0.308. The van der Waals surface area contributed by atoms with Gasteiger partial charge in [0.1, 0.15) is 23.9 Å². The molecule has 1 heterocycles. The van der Waals surface area contributed by atoms with Crippen LogP contribution in [0.15, 0.2) is 54.7 Å². The fourth-order valence-electron chi connectivity index (χ4n) is 3.91. The zero-order chi connectivity index (χ0) is 28.5. The normalized spacial score (nSPS) is 14.1. The van der Waals surface area contributed by atoms with Crippen molar-refractivity contribution >= 4 is 34.6 Å². The number of nitrogens with two attached hydrogens (primary N) is 1. The van der Waals surface area contributed by atoms with Gasteiger partial charge in [0.05, 0.1) is 19.3 Å². The van der Waals surface area contributed by atoms with E-state index in [0.29, 0.717) is 5.56 Å². The number of carboxylic acid groups (broad SMARTS) is 1. The molecule has 39 heavy (non-hydrogen) atoms. The van der Waals surface area contributed by atoms with Crippen molar-refractivity contribution in [3.63, 3.8) is 0 Å². The first-order chi connectivity index (χ1) is 18.6. The number of aliphatic hydroxyl groups excluding tert-OH is 2. The van der Waals surface area contributed by atoms with Crippen LogP contribution in [0.4, 0.5) is 0 Å². The highest BCUT2D eigenvalue weighted by Crippen LogP contribution is 2.19. The van der Waals surface area contributed by atoms with E-state index in [2.05, 4.69) is 20.9 Å². The number of phenolic OH excluding ortho intramolecular Hbond substituents is 1. The number of hydrogen-bond donors (Lipinski definition) is 9. The van der Waals surface area contributed by atoms with Crippen molar-refractivity contribution in [2.75, 3.05) is 13.2 Å². The molecule has 0 radical (unpaired) electrons. The van der Waals surface area contributed by atoms with Crippen LogP contribution < -0.4 is 21.7 Å². The lowest BCUT2D eigenvalue weighted by Crippen LogP contribution is -2.59. The van der Waals surface area contributed by atoms with Crippen molar-refractivity contribution in [3.8, 4) is 5.75 Å². The third kappa shape index (κ3) is 7.77. The van der Waals surface area contributed by atoms with Gasteiger partial charge in [0.2, 0.25) is 17.7 Å². The Bertz CT molecular complexity index is 1310. The number of aliphatic carboxylic acids is 1. The number of aromatic amines is 1. The van der Waals surface area contributed by atoms with Gasteiger partial charge in [-0.1, -0.05) is 30.3 Å². The van der Waals surface area contributed by atoms with E-state index in [0.717, 1.165) is 16.5 Å². The maximum atomic E-state index is 13.0. The third-order valence-electron chi connectivity index (χ3n) is 6.07. The lowest BCUT2D eigenvalue weighted by atomic mass is 10.0. The number of benzene rings is 2. The average Bonchev–Trinajstić information content (AvgIpc) is 3.33. The summed E-state index contributed by atoms with van der Waals surface area (Å²) in [5, 5.41) is 45.5. The van der Waals surface area contributed by atoms with E-state index < -0.39 is 61.1 Å². The minimum absolute atomic E-state index is 0.0259. The number of rotatable bonds is 13. The minimum Gasteiger partial charge on any atom is -0.508 e. The van der Waals surface area contributed by atoms with Crippen LogP contribution in [0.2, 0.25) is 0 Å². The number of carboxylic acids is 1. The molecule has 13 nitrogen and oxygen atoms in total. The third-order valence-corrected chi connectivity index (χ3v) is 6.07. The van der Waals surface area contributed by atoms with Gasteiger partial charge in [-0.05, 0) is 35.7 Å². The summed E-state index contributed by atoms with van der Waals surface area (Å²) in [6.07, 6.45) is 1.76. The number of hydrogen-bond acceptors (Lipinski definition) is 8. The van der Waals surface area contributed by atoms with Gasteiger partial charge in [0, 0.05) is 23.5 Å². The van der Waals surface area contributed by atoms with E-state index in [1.54, 1.807) is 6.20 Å². The zero-order valence-corrected chi connectivity index (χ0v) is 20.8. The van der Waals surface area contributed by atoms with E-state index in [4.69, 9.17) is 10.8 Å². The number of carbonyl (C=O) groups is 4. The molecule has 4 unspecified atom stereocenters. The molecule has 0 saturated heterocycles. The Morgan fingerprint density at radius 2 is 1.38 bits per heavy atom. The first-order valence-corrected chi connectivity index (χ1v) is 12.1. The quantitative estimate of drug-likeness (QED) is 0.123. The summed E-state index contributed by atoms with van der Waals surface area (Å²) >= 11 is 0. The zero-order valence-electron chi connectivity index (χ0n) is 20.8. The van der Waals surface area contributed by atoms with E-state index >= 15 is 0 Å². The van der Waals surface area contributed by atoms with Gasteiger partial charge in [-0.2, -0.15) is 0 Å². The van der Waals surface area contributed by atoms with Gasteiger partial charge in [-0.3, -0.25) is 14.4 Å². The minimum atomic E-state index is -1.62. The Balaban J connectivity index is 1.69. The van der Waals surface area contributed by atoms with Crippen LogP contribution in [0, 0.1) is 0 Å². The SMILES string of the molecule is NC(Cc1c[nH]c2ccccc12)C(=O)NC(CO)C(=O)NC(Cc1ccc(O)cc1)C(=O)NC(CO)C(=O)O. The predicted molar refractivity (Wildman–Crippen MR) is 139 cm³/mol. The summed E-state index contributed by atoms with van der Waals surface area (Å²) in [6.45, 7) is -1.69. The number of amides is 3. The standard InChI is InChI=1S/C26H31N5O8/c27-18(10-15-11-28-19-4-2-1-3-17(15)19)23(35)30-21(12-32)25(37)29-20(9-14-5-7-16(34)8-6-14)24(36)31-22(13-33)26(38)39/h1-8,11,18,20-22,28,32-34H,9-10,12-13,27H2,(H,29,37)(H,30,35)(H,31,36)(H,38,39). The molecule has 1 aromatic heterocycles. The van der Waals surface area contributed by atoms with Crippen molar-refractivity contribution in [1.29, 1.82) is 0 Å². The monoisotopic (exact) mass is 541 g/mol. The van der Waals surface area contributed by atoms with Crippen LogP contribution in [0.1, 0.15) is 11.1 Å². The highest BCUT2D eigenvalue weighted by atomic mass is 16.4. The Morgan fingerprint density at radius 1 is 0.795 bits per heavy atom. The fourth-order valence-corrected chi connectivity index (χ4v) is 3.91. The lowest BCUT2D eigenvalue weighted by molar-refractivity contribution is -0.143. The topological polar surface area (TPSA) is 227 Å². The molecule has 10 N–H and O–H groups in total. The molecule has 0 bridgehead atoms. The van der Waals surface area contributed by atoms with Crippen molar-refractivity contribution in [2.24, 2.45) is 5.73 Å². The highest BCUT2D eigenvalue weighted by molar-refractivity contribution is 5.94. The van der Waals surface area contributed by atoms with E-state index in [-0.39, 0.29) is 18.6 Å². The second-order valence-corrected chi connectivity index (χ2v) is 8.93. The van der Waals surface area contributed by atoms with Gasteiger partial charge < -0.3 is 47.1 Å². The molecule has 3 amide bonds. The van der Waals surface area contributed by atoms with E-state index in [1.165, 1.54) is 24.3 Å². The van der Waals surface area contributed by atoms with Crippen LogP contribution >= 0.6 is 0 Å². The molecule has 2 aromatic carbocycles. The smallest absolute Gasteiger partial charge is 0.328 e. The summed E-state index contributed by atoms with van der Waals surface area (Å²) in [7, 11) is 0. The number of para-hydroxylation sites is 1. The van der Waals surface area contributed by atoms with Crippen molar-refractivity contribution in [1.82, 2.24) is 20.9 Å². The number of carbonyl (C=O) groups excluding carboxylic acids is 3.